The van der Waals surface area contributed by atoms with Crippen molar-refractivity contribution in [1.29, 1.82) is 0 Å². The molecule has 6 nitrogen and oxygen atoms in total. The SMILES string of the molecule is C=CCN(CCC(=O)OC)C(=O)CCc1ccc(OC)c(OC)c1. The standard InChI is InChI=1S/C18H25NO5/c1-5-11-19(12-10-18(21)24-4)17(20)9-7-14-6-8-15(22-2)16(13-14)23-3/h5-6,8,13H,1,7,9-12H2,2-4H3. The van der Waals surface area contributed by atoms with Gasteiger partial charge in [-0.25, -0.2) is 0 Å². The van der Waals surface area contributed by atoms with E-state index in [-0.39, 0.29) is 18.3 Å². The van der Waals surface area contributed by atoms with Gasteiger partial charge in [0, 0.05) is 19.5 Å². The van der Waals surface area contributed by atoms with E-state index in [1.54, 1.807) is 25.2 Å². The lowest BCUT2D eigenvalue weighted by Gasteiger charge is -2.20. The van der Waals surface area contributed by atoms with E-state index in [4.69, 9.17) is 9.47 Å². The summed E-state index contributed by atoms with van der Waals surface area (Å²) in [5, 5.41) is 0. The van der Waals surface area contributed by atoms with Crippen molar-refractivity contribution in [2.75, 3.05) is 34.4 Å². The molecule has 0 aliphatic heterocycles. The zero-order chi connectivity index (χ0) is 17.9. The molecule has 0 aliphatic rings. The minimum Gasteiger partial charge on any atom is -0.493 e. The fourth-order valence-electron chi connectivity index (χ4n) is 2.25. The Kier molecular flexibility index (Phi) is 8.39. The first kappa shape index (κ1) is 19.5. The highest BCUT2D eigenvalue weighted by atomic mass is 16.5. The maximum atomic E-state index is 12.4. The van der Waals surface area contributed by atoms with E-state index in [1.807, 2.05) is 18.2 Å². The minimum atomic E-state index is -0.336. The first-order valence-corrected chi connectivity index (χ1v) is 7.72. The molecule has 0 fully saturated rings. The van der Waals surface area contributed by atoms with Crippen molar-refractivity contribution in [2.45, 2.75) is 19.3 Å². The van der Waals surface area contributed by atoms with Gasteiger partial charge >= 0.3 is 5.97 Å². The maximum Gasteiger partial charge on any atom is 0.307 e. The Morgan fingerprint density at radius 3 is 2.42 bits per heavy atom. The highest BCUT2D eigenvalue weighted by Crippen LogP contribution is 2.28. The molecule has 1 aromatic carbocycles. The van der Waals surface area contributed by atoms with Crippen LogP contribution in [0, 0.1) is 0 Å². The smallest absolute Gasteiger partial charge is 0.307 e. The second kappa shape index (κ2) is 10.3. The largest absolute Gasteiger partial charge is 0.493 e. The van der Waals surface area contributed by atoms with Crippen molar-refractivity contribution in [3.8, 4) is 11.5 Å². The van der Waals surface area contributed by atoms with E-state index < -0.39 is 0 Å². The van der Waals surface area contributed by atoms with Crippen molar-refractivity contribution in [3.63, 3.8) is 0 Å². The van der Waals surface area contributed by atoms with Crippen LogP contribution in [0.2, 0.25) is 0 Å². The van der Waals surface area contributed by atoms with E-state index in [0.717, 1.165) is 5.56 Å². The Morgan fingerprint density at radius 2 is 1.83 bits per heavy atom. The molecular weight excluding hydrogens is 310 g/mol. The predicted octanol–water partition coefficient (Wildman–Crippen LogP) is 2.21. The van der Waals surface area contributed by atoms with Crippen LogP contribution in [0.15, 0.2) is 30.9 Å². The van der Waals surface area contributed by atoms with Crippen LogP contribution >= 0.6 is 0 Å². The summed E-state index contributed by atoms with van der Waals surface area (Å²) in [5.41, 5.74) is 0.979. The molecule has 24 heavy (non-hydrogen) atoms. The number of nitrogens with zero attached hydrogens (tertiary/aromatic N) is 1. The van der Waals surface area contributed by atoms with Gasteiger partial charge in [-0.1, -0.05) is 12.1 Å². The second-order valence-electron chi connectivity index (χ2n) is 5.14. The fraction of sp³-hybridized carbons (Fsp3) is 0.444. The van der Waals surface area contributed by atoms with Crippen LogP contribution in [0.5, 0.6) is 11.5 Å². The van der Waals surface area contributed by atoms with E-state index in [9.17, 15) is 9.59 Å². The lowest BCUT2D eigenvalue weighted by atomic mass is 10.1. The average molecular weight is 335 g/mol. The zero-order valence-corrected chi connectivity index (χ0v) is 14.5. The van der Waals surface area contributed by atoms with E-state index in [1.165, 1.54) is 7.11 Å². The van der Waals surface area contributed by atoms with Gasteiger partial charge in [0.05, 0.1) is 27.8 Å². The van der Waals surface area contributed by atoms with Crippen molar-refractivity contribution in [2.24, 2.45) is 0 Å². The number of carbonyl (C=O) groups excluding carboxylic acids is 2. The molecule has 0 heterocycles. The average Bonchev–Trinajstić information content (AvgIpc) is 2.62. The van der Waals surface area contributed by atoms with Gasteiger partial charge in [0.25, 0.3) is 0 Å². The summed E-state index contributed by atoms with van der Waals surface area (Å²) in [6, 6.07) is 5.58. The van der Waals surface area contributed by atoms with E-state index >= 15 is 0 Å². The third-order valence-electron chi connectivity index (χ3n) is 3.59. The quantitative estimate of drug-likeness (QED) is 0.484. The minimum absolute atomic E-state index is 0.0337. The molecule has 0 atom stereocenters. The number of methoxy groups -OCH3 is 3. The first-order chi connectivity index (χ1) is 11.5. The van der Waals surface area contributed by atoms with Crippen LogP contribution in [0.25, 0.3) is 0 Å². The molecule has 132 valence electrons. The summed E-state index contributed by atoms with van der Waals surface area (Å²) >= 11 is 0. The van der Waals surface area contributed by atoms with Crippen LogP contribution < -0.4 is 9.47 Å². The summed E-state index contributed by atoms with van der Waals surface area (Å²) < 4.78 is 15.1. The van der Waals surface area contributed by atoms with Crippen molar-refractivity contribution in [3.05, 3.63) is 36.4 Å². The predicted molar refractivity (Wildman–Crippen MR) is 91.3 cm³/mol. The van der Waals surface area contributed by atoms with Crippen LogP contribution in [0.4, 0.5) is 0 Å². The Labute approximate surface area is 143 Å². The van der Waals surface area contributed by atoms with Gasteiger partial charge in [0.1, 0.15) is 0 Å². The normalized spacial score (nSPS) is 9.96. The Hall–Kier alpha value is -2.50. The van der Waals surface area contributed by atoms with E-state index in [2.05, 4.69) is 11.3 Å². The maximum absolute atomic E-state index is 12.4. The van der Waals surface area contributed by atoms with Gasteiger partial charge < -0.3 is 19.1 Å². The molecule has 6 heteroatoms. The molecule has 0 saturated heterocycles. The number of hydrogen-bond acceptors (Lipinski definition) is 5. The number of aryl methyl sites for hydroxylation is 1. The van der Waals surface area contributed by atoms with Crippen LogP contribution in [0.3, 0.4) is 0 Å². The van der Waals surface area contributed by atoms with Crippen LogP contribution in [0.1, 0.15) is 18.4 Å². The van der Waals surface area contributed by atoms with Gasteiger partial charge in [0.15, 0.2) is 11.5 Å². The molecule has 0 radical (unpaired) electrons. The van der Waals surface area contributed by atoms with Gasteiger partial charge in [-0.05, 0) is 24.1 Å². The topological polar surface area (TPSA) is 65.1 Å². The molecule has 0 N–H and O–H groups in total. The molecule has 0 bridgehead atoms. The number of carbonyl (C=O) groups is 2. The van der Waals surface area contributed by atoms with Crippen molar-refractivity contribution < 1.29 is 23.8 Å². The monoisotopic (exact) mass is 335 g/mol. The van der Waals surface area contributed by atoms with E-state index in [0.29, 0.717) is 37.4 Å². The third kappa shape index (κ3) is 5.95. The molecular formula is C18H25NO5. The molecule has 0 saturated carbocycles. The lowest BCUT2D eigenvalue weighted by molar-refractivity contribution is -0.141. The molecule has 1 rings (SSSR count). The van der Waals surface area contributed by atoms with Gasteiger partial charge in [-0.3, -0.25) is 9.59 Å². The highest BCUT2D eigenvalue weighted by Gasteiger charge is 2.14. The lowest BCUT2D eigenvalue weighted by Crippen LogP contribution is -2.33. The Balaban J connectivity index is 2.64. The number of esters is 1. The zero-order valence-electron chi connectivity index (χ0n) is 14.5. The second-order valence-corrected chi connectivity index (χ2v) is 5.14. The fourth-order valence-corrected chi connectivity index (χ4v) is 2.25. The number of amides is 1. The van der Waals surface area contributed by atoms with Gasteiger partial charge in [-0.2, -0.15) is 0 Å². The summed E-state index contributed by atoms with van der Waals surface area (Å²) in [7, 11) is 4.49. The summed E-state index contributed by atoms with van der Waals surface area (Å²) in [6.07, 6.45) is 2.73. The number of ether oxygens (including phenoxy) is 3. The van der Waals surface area contributed by atoms with Crippen LogP contribution in [-0.2, 0) is 20.7 Å². The van der Waals surface area contributed by atoms with Gasteiger partial charge in [-0.15, -0.1) is 6.58 Å². The van der Waals surface area contributed by atoms with Crippen molar-refractivity contribution in [1.82, 2.24) is 4.90 Å². The Bertz CT molecular complexity index is 571. The molecule has 0 spiro atoms. The number of rotatable bonds is 10. The third-order valence-corrected chi connectivity index (χ3v) is 3.59. The molecule has 0 aliphatic carbocycles. The molecule has 0 aromatic heterocycles. The summed E-state index contributed by atoms with van der Waals surface area (Å²) in [6.45, 7) is 4.38. The molecule has 1 aromatic rings. The summed E-state index contributed by atoms with van der Waals surface area (Å²) in [5.74, 6) is 0.917. The number of benzene rings is 1. The Morgan fingerprint density at radius 1 is 1.12 bits per heavy atom. The van der Waals surface area contributed by atoms with Gasteiger partial charge in [0.2, 0.25) is 5.91 Å². The first-order valence-electron chi connectivity index (χ1n) is 7.72. The number of hydrogen-bond donors (Lipinski definition) is 0. The molecule has 0 unspecified atom stereocenters. The summed E-state index contributed by atoms with van der Waals surface area (Å²) in [4.78, 5) is 25.2. The highest BCUT2D eigenvalue weighted by molar-refractivity contribution is 5.77. The van der Waals surface area contributed by atoms with Crippen LogP contribution in [-0.4, -0.2) is 51.2 Å². The van der Waals surface area contributed by atoms with Crippen molar-refractivity contribution >= 4 is 11.9 Å². The molecule has 1 amide bonds.